The third-order valence-corrected chi connectivity index (χ3v) is 2.41. The Morgan fingerprint density at radius 3 is 2.67 bits per heavy atom. The number of nitriles is 1. The molecule has 0 aliphatic rings. The Kier molecular flexibility index (Phi) is 3.46. The predicted octanol–water partition coefficient (Wildman–Crippen LogP) is 2.40. The van der Waals surface area contributed by atoms with Gasteiger partial charge in [0.2, 0.25) is 5.69 Å². The van der Waals surface area contributed by atoms with Crippen LogP contribution in [0.3, 0.4) is 0 Å². The Morgan fingerprint density at radius 2 is 2.27 bits per heavy atom. The van der Waals surface area contributed by atoms with Gasteiger partial charge in [0.1, 0.15) is 11.6 Å². The van der Waals surface area contributed by atoms with Crippen LogP contribution in [0.5, 0.6) is 0 Å². The third-order valence-electron chi connectivity index (χ3n) is 1.55. The highest BCUT2D eigenvalue weighted by molar-refractivity contribution is 14.1. The normalized spacial score (nSPS) is 10.1. The summed E-state index contributed by atoms with van der Waals surface area (Å²) >= 11 is 1.51. The maximum Gasteiger partial charge on any atom is 0.315 e. The van der Waals surface area contributed by atoms with E-state index < -0.39 is 28.3 Å². The van der Waals surface area contributed by atoms with Gasteiger partial charge < -0.3 is 0 Å². The molecule has 0 amide bonds. The maximum absolute atomic E-state index is 12.5. The molecular weight excluding hydrogens is 323 g/mol. The van der Waals surface area contributed by atoms with Crippen LogP contribution in [0.4, 0.5) is 14.5 Å². The van der Waals surface area contributed by atoms with Gasteiger partial charge in [0, 0.05) is 9.77 Å². The van der Waals surface area contributed by atoms with E-state index in [2.05, 4.69) is 4.98 Å². The molecule has 0 bridgehead atoms. The quantitative estimate of drug-likeness (QED) is 0.475. The van der Waals surface area contributed by atoms with Gasteiger partial charge in [-0.3, -0.25) is 10.1 Å². The molecule has 1 aromatic rings. The average Bonchev–Trinajstić information content (AvgIpc) is 2.16. The first-order valence-electron chi connectivity index (χ1n) is 3.50. The van der Waals surface area contributed by atoms with Crippen molar-refractivity contribution in [3.05, 3.63) is 31.1 Å². The van der Waals surface area contributed by atoms with Crippen LogP contribution in [0.2, 0.25) is 0 Å². The van der Waals surface area contributed by atoms with Crippen LogP contribution >= 0.6 is 22.6 Å². The Hall–Kier alpha value is -1.37. The van der Waals surface area contributed by atoms with Gasteiger partial charge in [-0.05, 0) is 22.6 Å². The largest absolute Gasteiger partial charge is 0.315 e. The molecule has 1 heterocycles. The highest BCUT2D eigenvalue weighted by atomic mass is 127. The van der Waals surface area contributed by atoms with Crippen LogP contribution in [0.1, 0.15) is 17.7 Å². The molecule has 78 valence electrons. The van der Waals surface area contributed by atoms with E-state index in [4.69, 9.17) is 5.26 Å². The van der Waals surface area contributed by atoms with Crippen molar-refractivity contribution in [1.29, 1.82) is 5.26 Å². The minimum Gasteiger partial charge on any atom is -0.258 e. The molecule has 0 atom stereocenters. The van der Waals surface area contributed by atoms with E-state index in [9.17, 15) is 18.9 Å². The number of pyridine rings is 1. The summed E-state index contributed by atoms with van der Waals surface area (Å²) in [6, 6.07) is 1.41. The molecule has 5 nitrogen and oxygen atoms in total. The molecular formula is C7H2F2IN3O2. The summed E-state index contributed by atoms with van der Waals surface area (Å²) in [7, 11) is 0. The average molecular weight is 325 g/mol. The SMILES string of the molecule is N#Cc1ncc(I)c(C(F)F)c1[N+](=O)[O-]. The lowest BCUT2D eigenvalue weighted by molar-refractivity contribution is -0.386. The number of nitro groups is 1. The van der Waals surface area contributed by atoms with Crippen molar-refractivity contribution in [1.82, 2.24) is 4.98 Å². The Morgan fingerprint density at radius 1 is 1.67 bits per heavy atom. The number of halogens is 3. The summed E-state index contributed by atoms with van der Waals surface area (Å²) in [5.41, 5.74) is -2.28. The van der Waals surface area contributed by atoms with Crippen molar-refractivity contribution in [3.63, 3.8) is 0 Å². The molecule has 0 radical (unpaired) electrons. The molecule has 0 spiro atoms. The number of aromatic nitrogens is 1. The van der Waals surface area contributed by atoms with E-state index in [-0.39, 0.29) is 3.57 Å². The first-order chi connectivity index (χ1) is 6.99. The number of hydrogen-bond donors (Lipinski definition) is 0. The lowest BCUT2D eigenvalue weighted by Gasteiger charge is -2.04. The molecule has 8 heteroatoms. The van der Waals surface area contributed by atoms with E-state index in [1.807, 2.05) is 0 Å². The van der Waals surface area contributed by atoms with Gasteiger partial charge in [0.05, 0.1) is 4.92 Å². The zero-order valence-electron chi connectivity index (χ0n) is 6.95. The van der Waals surface area contributed by atoms with Crippen LogP contribution in [0, 0.1) is 25.0 Å². The van der Waals surface area contributed by atoms with E-state index in [1.54, 1.807) is 0 Å². The van der Waals surface area contributed by atoms with E-state index in [0.29, 0.717) is 0 Å². The molecule has 15 heavy (non-hydrogen) atoms. The molecule has 0 aliphatic carbocycles. The van der Waals surface area contributed by atoms with Crippen molar-refractivity contribution in [2.75, 3.05) is 0 Å². The summed E-state index contributed by atoms with van der Waals surface area (Å²) in [5, 5.41) is 19.0. The number of rotatable bonds is 2. The smallest absolute Gasteiger partial charge is 0.258 e. The van der Waals surface area contributed by atoms with Crippen molar-refractivity contribution in [2.24, 2.45) is 0 Å². The molecule has 0 unspecified atom stereocenters. The molecule has 0 aromatic carbocycles. The summed E-state index contributed by atoms with van der Waals surface area (Å²) < 4.78 is 25.0. The van der Waals surface area contributed by atoms with Crippen LogP contribution in [-0.4, -0.2) is 9.91 Å². The summed E-state index contributed by atoms with van der Waals surface area (Å²) in [4.78, 5) is 12.9. The minimum absolute atomic E-state index is 0.0340. The first kappa shape index (κ1) is 11.7. The van der Waals surface area contributed by atoms with Gasteiger partial charge in [-0.25, -0.2) is 13.8 Å². The monoisotopic (exact) mass is 325 g/mol. The number of alkyl halides is 2. The van der Waals surface area contributed by atoms with Gasteiger partial charge in [-0.1, -0.05) is 0 Å². The van der Waals surface area contributed by atoms with Crippen molar-refractivity contribution in [3.8, 4) is 6.07 Å². The van der Waals surface area contributed by atoms with Gasteiger partial charge in [0.25, 0.3) is 6.43 Å². The summed E-state index contributed by atoms with van der Waals surface area (Å²) in [6.07, 6.45) is -2.00. The Balaban J connectivity index is 3.60. The predicted molar refractivity (Wildman–Crippen MR) is 53.3 cm³/mol. The fourth-order valence-corrected chi connectivity index (χ4v) is 1.60. The molecule has 1 aromatic heterocycles. The van der Waals surface area contributed by atoms with Gasteiger partial charge in [-0.15, -0.1) is 0 Å². The second-order valence-electron chi connectivity index (χ2n) is 2.39. The van der Waals surface area contributed by atoms with Crippen LogP contribution < -0.4 is 0 Å². The van der Waals surface area contributed by atoms with Crippen LogP contribution in [0.15, 0.2) is 6.20 Å². The molecule has 1 rings (SSSR count). The van der Waals surface area contributed by atoms with Crippen molar-refractivity contribution < 1.29 is 13.7 Å². The standard InChI is InChI=1S/C7H2F2IN3O2/c8-7(9)5-3(10)2-12-4(1-11)6(5)13(14)15/h2,7H. The van der Waals surface area contributed by atoms with Gasteiger partial charge >= 0.3 is 5.69 Å². The summed E-state index contributed by atoms with van der Waals surface area (Å²) in [5.74, 6) is 0. The Labute approximate surface area is 96.0 Å². The lowest BCUT2D eigenvalue weighted by atomic mass is 10.2. The highest BCUT2D eigenvalue weighted by Crippen LogP contribution is 2.34. The molecule has 0 saturated carbocycles. The Bertz CT molecular complexity index is 458. The second-order valence-corrected chi connectivity index (χ2v) is 3.55. The number of nitrogens with zero attached hydrogens (tertiary/aromatic N) is 3. The maximum atomic E-state index is 12.5. The van der Waals surface area contributed by atoms with Crippen molar-refractivity contribution >= 4 is 28.3 Å². The van der Waals surface area contributed by atoms with E-state index >= 15 is 0 Å². The molecule has 0 fully saturated rings. The lowest BCUT2D eigenvalue weighted by Crippen LogP contribution is -2.03. The van der Waals surface area contributed by atoms with Gasteiger partial charge in [0.15, 0.2) is 0 Å². The number of hydrogen-bond acceptors (Lipinski definition) is 4. The highest BCUT2D eigenvalue weighted by Gasteiger charge is 2.29. The van der Waals surface area contributed by atoms with E-state index in [1.165, 1.54) is 28.7 Å². The van der Waals surface area contributed by atoms with Gasteiger partial charge in [-0.2, -0.15) is 5.26 Å². The second kappa shape index (κ2) is 4.43. The zero-order valence-corrected chi connectivity index (χ0v) is 9.10. The molecule has 0 aliphatic heterocycles. The van der Waals surface area contributed by atoms with Crippen LogP contribution in [0.25, 0.3) is 0 Å². The zero-order chi connectivity index (χ0) is 11.6. The van der Waals surface area contributed by atoms with E-state index in [0.717, 1.165) is 6.20 Å². The molecule has 0 N–H and O–H groups in total. The van der Waals surface area contributed by atoms with Crippen LogP contribution in [-0.2, 0) is 0 Å². The first-order valence-corrected chi connectivity index (χ1v) is 4.58. The third kappa shape index (κ3) is 2.17. The molecule has 0 saturated heterocycles. The fraction of sp³-hybridized carbons (Fsp3) is 0.143. The fourth-order valence-electron chi connectivity index (χ4n) is 0.967. The summed E-state index contributed by atoms with van der Waals surface area (Å²) in [6.45, 7) is 0. The van der Waals surface area contributed by atoms with Crippen molar-refractivity contribution in [2.45, 2.75) is 6.43 Å². The minimum atomic E-state index is -3.01. The topological polar surface area (TPSA) is 79.8 Å².